The molecule has 0 saturated heterocycles. The maximum atomic E-state index is 7.32. The number of nitrogens with zero attached hydrogens (tertiary/aromatic N) is 2. The van der Waals surface area contributed by atoms with Crippen LogP contribution in [0.1, 0.15) is 13.8 Å². The van der Waals surface area contributed by atoms with Gasteiger partial charge in [0.2, 0.25) is 0 Å². The van der Waals surface area contributed by atoms with Gasteiger partial charge in [0.05, 0.1) is 12.1 Å². The molecule has 0 saturated carbocycles. The Labute approximate surface area is 49.8 Å². The Hall–Kier alpha value is -1.06. The van der Waals surface area contributed by atoms with Gasteiger partial charge in [-0.2, -0.15) is 10.5 Å². The van der Waals surface area contributed by atoms with Gasteiger partial charge >= 0.3 is 0 Å². The van der Waals surface area contributed by atoms with Crippen molar-refractivity contribution in [1.29, 1.82) is 10.5 Å². The van der Waals surface area contributed by atoms with Crippen molar-refractivity contribution in [2.75, 3.05) is 7.11 Å². The van der Waals surface area contributed by atoms with Crippen LogP contribution in [0.15, 0.2) is 0 Å². The molecule has 0 aromatic rings. The fourth-order valence-electron chi connectivity index (χ4n) is 0. The van der Waals surface area contributed by atoms with Gasteiger partial charge in [0.15, 0.2) is 0 Å². The van der Waals surface area contributed by atoms with E-state index in [4.69, 9.17) is 15.6 Å². The highest BCUT2D eigenvalue weighted by atomic mass is 16.2. The topological polar surface area (TPSA) is 67.8 Å². The summed E-state index contributed by atoms with van der Waals surface area (Å²) < 4.78 is 0. The van der Waals surface area contributed by atoms with Crippen LogP contribution < -0.4 is 0 Å². The molecule has 3 nitrogen and oxygen atoms in total. The molecule has 8 heavy (non-hydrogen) atoms. The van der Waals surface area contributed by atoms with Gasteiger partial charge < -0.3 is 5.11 Å². The molecule has 0 amide bonds. The van der Waals surface area contributed by atoms with E-state index < -0.39 is 0 Å². The molecular weight excluding hydrogens is 104 g/mol. The first-order chi connectivity index (χ1) is 3.83. The minimum absolute atomic E-state index is 1.00. The molecule has 0 fully saturated rings. The predicted molar refractivity (Wildman–Crippen MR) is 30.7 cm³/mol. The first-order valence-electron chi connectivity index (χ1n) is 1.89. The van der Waals surface area contributed by atoms with Crippen molar-refractivity contribution in [3.63, 3.8) is 0 Å². The average Bonchev–Trinajstić information content (AvgIpc) is 1.75. The van der Waals surface area contributed by atoms with Crippen LogP contribution in [0.25, 0.3) is 0 Å². The Balaban J connectivity index is -0.0000000483. The number of aliphatic hydroxyl groups is 1. The minimum Gasteiger partial charge on any atom is -0.400 e. The quantitative estimate of drug-likeness (QED) is 0.503. The van der Waals surface area contributed by atoms with Gasteiger partial charge in [-0.1, -0.05) is 0 Å². The molecule has 0 aromatic heterocycles. The lowest BCUT2D eigenvalue weighted by Crippen LogP contribution is -1.25. The summed E-state index contributed by atoms with van der Waals surface area (Å²) in [5.41, 5.74) is 0. The number of aliphatic hydroxyl groups excluding tert-OH is 1. The second-order valence-corrected chi connectivity index (χ2v) is 0.447. The molecule has 0 unspecified atom stereocenters. The molecule has 0 aliphatic carbocycles. The molecule has 0 atom stereocenters. The number of hydrogen-bond acceptors (Lipinski definition) is 3. The molecule has 0 radical (unpaired) electrons. The van der Waals surface area contributed by atoms with E-state index in [0.717, 1.165) is 7.11 Å². The Morgan fingerprint density at radius 3 is 1.00 bits per heavy atom. The zero-order valence-electron chi connectivity index (χ0n) is 5.34. The van der Waals surface area contributed by atoms with Crippen LogP contribution in [0, 0.1) is 22.7 Å². The molecule has 0 spiro atoms. The summed E-state index contributed by atoms with van der Waals surface area (Å²) in [4.78, 5) is 0. The zero-order chi connectivity index (χ0) is 7.41. The normalized spacial score (nSPS) is 2.75. The van der Waals surface area contributed by atoms with Crippen molar-refractivity contribution in [3.05, 3.63) is 0 Å². The Kier molecular flexibility index (Phi) is 323. The van der Waals surface area contributed by atoms with Crippen LogP contribution in [-0.2, 0) is 0 Å². The predicted octanol–water partition coefficient (Wildman–Crippen LogP) is 0.668. The van der Waals surface area contributed by atoms with Gasteiger partial charge in [0, 0.05) is 21.0 Å². The van der Waals surface area contributed by atoms with Gasteiger partial charge in [0.25, 0.3) is 0 Å². The van der Waals surface area contributed by atoms with Crippen LogP contribution in [-0.4, -0.2) is 12.2 Å². The smallest absolute Gasteiger partial charge is 0.0587 e. The van der Waals surface area contributed by atoms with Crippen LogP contribution in [0.3, 0.4) is 0 Å². The number of rotatable bonds is 0. The minimum atomic E-state index is 1.00. The summed E-state index contributed by atoms with van der Waals surface area (Å²) in [7, 11) is 1.00. The zero-order valence-corrected chi connectivity index (χ0v) is 5.34. The van der Waals surface area contributed by atoms with Crippen LogP contribution >= 0.6 is 0 Å². The van der Waals surface area contributed by atoms with E-state index in [0.29, 0.717) is 0 Å². The van der Waals surface area contributed by atoms with E-state index >= 15 is 0 Å². The Bertz CT molecular complexity index is 65.4. The molecular formula is C5H10N2O. The van der Waals surface area contributed by atoms with Crippen LogP contribution in [0.4, 0.5) is 0 Å². The first kappa shape index (κ1) is 15.8. The summed E-state index contributed by atoms with van der Waals surface area (Å²) in [6.45, 7) is 2.86. The molecule has 0 aliphatic heterocycles. The summed E-state index contributed by atoms with van der Waals surface area (Å²) >= 11 is 0. The van der Waals surface area contributed by atoms with E-state index in [-0.39, 0.29) is 0 Å². The van der Waals surface area contributed by atoms with Gasteiger partial charge in [-0.25, -0.2) is 0 Å². The summed E-state index contributed by atoms with van der Waals surface area (Å²) in [6, 6.07) is 3.50. The Morgan fingerprint density at radius 2 is 1.00 bits per heavy atom. The molecule has 0 aliphatic rings. The summed E-state index contributed by atoms with van der Waals surface area (Å²) in [6.07, 6.45) is 0. The molecule has 46 valence electrons. The lowest BCUT2D eigenvalue weighted by Gasteiger charge is -1.21. The van der Waals surface area contributed by atoms with Crippen molar-refractivity contribution in [1.82, 2.24) is 0 Å². The molecule has 0 rings (SSSR count). The van der Waals surface area contributed by atoms with Gasteiger partial charge in [0.1, 0.15) is 0 Å². The highest BCUT2D eigenvalue weighted by Crippen LogP contribution is 1.22. The lowest BCUT2D eigenvalue weighted by atomic mass is 11.0. The fourth-order valence-corrected chi connectivity index (χ4v) is 0. The SMILES string of the molecule is CC#N.CC#N.CO. The molecule has 3 heteroatoms. The molecule has 1 N–H and O–H groups in total. The van der Waals surface area contributed by atoms with Crippen molar-refractivity contribution >= 4 is 0 Å². The summed E-state index contributed by atoms with van der Waals surface area (Å²) in [5.74, 6) is 0. The van der Waals surface area contributed by atoms with Gasteiger partial charge in [-0.05, 0) is 0 Å². The van der Waals surface area contributed by atoms with E-state index in [1.54, 1.807) is 12.1 Å². The van der Waals surface area contributed by atoms with Gasteiger partial charge in [-0.15, -0.1) is 0 Å². The third-order valence-electron chi connectivity index (χ3n) is 0. The molecule has 0 aromatic carbocycles. The monoisotopic (exact) mass is 114 g/mol. The third kappa shape index (κ3) is 68.3. The van der Waals surface area contributed by atoms with Crippen molar-refractivity contribution in [2.45, 2.75) is 13.8 Å². The van der Waals surface area contributed by atoms with Crippen molar-refractivity contribution in [2.24, 2.45) is 0 Å². The summed E-state index contributed by atoms with van der Waals surface area (Å²) in [5, 5.41) is 21.6. The second kappa shape index (κ2) is 164. The number of nitriles is 2. The van der Waals surface area contributed by atoms with E-state index in [1.807, 2.05) is 0 Å². The van der Waals surface area contributed by atoms with Crippen LogP contribution in [0.2, 0.25) is 0 Å². The van der Waals surface area contributed by atoms with E-state index in [9.17, 15) is 0 Å². The largest absolute Gasteiger partial charge is 0.400 e. The third-order valence-corrected chi connectivity index (χ3v) is 0. The maximum Gasteiger partial charge on any atom is 0.0587 e. The van der Waals surface area contributed by atoms with E-state index in [1.165, 1.54) is 13.8 Å². The fraction of sp³-hybridized carbons (Fsp3) is 0.600. The van der Waals surface area contributed by atoms with Gasteiger partial charge in [-0.3, -0.25) is 0 Å². The van der Waals surface area contributed by atoms with Crippen LogP contribution in [0.5, 0.6) is 0 Å². The highest BCUT2D eigenvalue weighted by Gasteiger charge is 1.18. The first-order valence-corrected chi connectivity index (χ1v) is 1.89. The standard InChI is InChI=1S/2C2H3N.CH4O/c2*1-2-3;1-2/h2*1H3;2H,1H3. The second-order valence-electron chi connectivity index (χ2n) is 0.447. The maximum absolute atomic E-state index is 7.32. The molecule has 0 bridgehead atoms. The highest BCUT2D eigenvalue weighted by molar-refractivity contribution is 4.51. The Morgan fingerprint density at radius 1 is 1.00 bits per heavy atom. The number of hydrogen-bond donors (Lipinski definition) is 1. The van der Waals surface area contributed by atoms with E-state index in [2.05, 4.69) is 0 Å². The van der Waals surface area contributed by atoms with Crippen molar-refractivity contribution in [3.8, 4) is 12.1 Å². The molecule has 0 heterocycles. The van der Waals surface area contributed by atoms with Crippen molar-refractivity contribution < 1.29 is 5.11 Å². The lowest BCUT2D eigenvalue weighted by molar-refractivity contribution is 0.399. The average molecular weight is 114 g/mol.